The number of esters is 1. The molecule has 2 aromatic rings. The Balaban J connectivity index is 2.11. The Bertz CT molecular complexity index is 845. The Kier molecular flexibility index (Phi) is 8.09. The van der Waals surface area contributed by atoms with Crippen LogP contribution in [-0.2, 0) is 27.3 Å². The quantitative estimate of drug-likeness (QED) is 0.659. The zero-order valence-electron chi connectivity index (χ0n) is 18.1. The fourth-order valence-corrected chi connectivity index (χ4v) is 2.73. The predicted molar refractivity (Wildman–Crippen MR) is 113 cm³/mol. The standard InChI is InChI=1S/C23H29NO6/c1-23(2,3)30-22(26)24-19(21(25)28-5)13-17-11-12-18(14-20(17)27-4)29-15-16-9-7-6-8-10-16/h6-12,14,19H,13,15H2,1-5H3,(H,24,26)/t19-/m0/s1. The molecule has 162 valence electrons. The number of carbonyl (C=O) groups excluding carboxylic acids is 2. The van der Waals surface area contributed by atoms with Gasteiger partial charge in [0.15, 0.2) is 0 Å². The van der Waals surface area contributed by atoms with Crippen LogP contribution < -0.4 is 14.8 Å². The number of carbonyl (C=O) groups is 2. The molecule has 0 saturated carbocycles. The summed E-state index contributed by atoms with van der Waals surface area (Å²) >= 11 is 0. The topological polar surface area (TPSA) is 83.1 Å². The summed E-state index contributed by atoms with van der Waals surface area (Å²) in [6.07, 6.45) is -0.520. The summed E-state index contributed by atoms with van der Waals surface area (Å²) in [5.74, 6) is 0.599. The van der Waals surface area contributed by atoms with Gasteiger partial charge in [-0.05, 0) is 38.0 Å². The number of amides is 1. The maximum atomic E-state index is 12.2. The Morgan fingerprint density at radius 3 is 2.33 bits per heavy atom. The lowest BCUT2D eigenvalue weighted by Crippen LogP contribution is -2.45. The number of hydrogen-bond donors (Lipinski definition) is 1. The Hall–Kier alpha value is -3.22. The van der Waals surface area contributed by atoms with E-state index in [2.05, 4.69) is 5.32 Å². The molecule has 0 unspecified atom stereocenters. The Labute approximate surface area is 177 Å². The van der Waals surface area contributed by atoms with Crippen molar-refractivity contribution in [3.63, 3.8) is 0 Å². The van der Waals surface area contributed by atoms with Crippen molar-refractivity contribution in [1.82, 2.24) is 5.32 Å². The molecule has 0 aliphatic heterocycles. The molecule has 7 heteroatoms. The summed E-state index contributed by atoms with van der Waals surface area (Å²) in [5.41, 5.74) is 1.09. The van der Waals surface area contributed by atoms with E-state index in [1.54, 1.807) is 39.0 Å². The van der Waals surface area contributed by atoms with E-state index in [0.29, 0.717) is 18.1 Å². The van der Waals surface area contributed by atoms with Crippen LogP contribution in [0, 0.1) is 0 Å². The third-order valence-corrected chi connectivity index (χ3v) is 4.11. The highest BCUT2D eigenvalue weighted by Crippen LogP contribution is 2.27. The number of alkyl carbamates (subject to hydrolysis) is 1. The molecule has 0 spiro atoms. The summed E-state index contributed by atoms with van der Waals surface area (Å²) < 4.78 is 21.3. The van der Waals surface area contributed by atoms with Crippen LogP contribution in [0.3, 0.4) is 0 Å². The highest BCUT2D eigenvalue weighted by molar-refractivity contribution is 5.81. The third-order valence-electron chi connectivity index (χ3n) is 4.11. The molecule has 2 rings (SSSR count). The van der Waals surface area contributed by atoms with E-state index in [4.69, 9.17) is 18.9 Å². The summed E-state index contributed by atoms with van der Waals surface area (Å²) in [7, 11) is 2.80. The molecule has 0 saturated heterocycles. The van der Waals surface area contributed by atoms with Gasteiger partial charge in [-0.25, -0.2) is 9.59 Å². The fraction of sp³-hybridized carbons (Fsp3) is 0.391. The smallest absolute Gasteiger partial charge is 0.408 e. The van der Waals surface area contributed by atoms with Crippen molar-refractivity contribution in [3.05, 3.63) is 59.7 Å². The molecular formula is C23H29NO6. The van der Waals surface area contributed by atoms with Crippen molar-refractivity contribution < 1.29 is 28.5 Å². The minimum Gasteiger partial charge on any atom is -0.496 e. The number of benzene rings is 2. The molecule has 0 aliphatic carbocycles. The summed E-state index contributed by atoms with van der Waals surface area (Å²) in [5, 5.41) is 2.56. The molecule has 0 aliphatic rings. The Morgan fingerprint density at radius 2 is 1.73 bits per heavy atom. The van der Waals surface area contributed by atoms with Gasteiger partial charge in [-0.15, -0.1) is 0 Å². The first kappa shape index (κ1) is 23.1. The average molecular weight is 415 g/mol. The maximum absolute atomic E-state index is 12.2. The van der Waals surface area contributed by atoms with Crippen LogP contribution in [0.4, 0.5) is 4.79 Å². The lowest BCUT2D eigenvalue weighted by Gasteiger charge is -2.23. The van der Waals surface area contributed by atoms with E-state index in [9.17, 15) is 9.59 Å². The van der Waals surface area contributed by atoms with E-state index in [1.165, 1.54) is 14.2 Å². The summed E-state index contributed by atoms with van der Waals surface area (Å²) in [6.45, 7) is 5.67. The lowest BCUT2D eigenvalue weighted by atomic mass is 10.0. The monoisotopic (exact) mass is 415 g/mol. The number of rotatable bonds is 8. The van der Waals surface area contributed by atoms with Crippen LogP contribution in [0.2, 0.25) is 0 Å². The van der Waals surface area contributed by atoms with Gasteiger partial charge in [-0.2, -0.15) is 0 Å². The normalized spacial score (nSPS) is 11.9. The molecule has 0 heterocycles. The molecule has 1 atom stereocenters. The van der Waals surface area contributed by atoms with Gasteiger partial charge >= 0.3 is 12.1 Å². The molecule has 7 nitrogen and oxygen atoms in total. The van der Waals surface area contributed by atoms with Crippen LogP contribution in [-0.4, -0.2) is 37.9 Å². The fourth-order valence-electron chi connectivity index (χ4n) is 2.73. The molecular weight excluding hydrogens is 386 g/mol. The highest BCUT2D eigenvalue weighted by atomic mass is 16.6. The zero-order valence-corrected chi connectivity index (χ0v) is 18.1. The predicted octanol–water partition coefficient (Wildman–Crippen LogP) is 3.88. The molecule has 1 amide bonds. The van der Waals surface area contributed by atoms with Gasteiger partial charge < -0.3 is 24.3 Å². The van der Waals surface area contributed by atoms with Gasteiger partial charge in [0.25, 0.3) is 0 Å². The number of nitrogens with one attached hydrogen (secondary N) is 1. The minimum atomic E-state index is -0.921. The van der Waals surface area contributed by atoms with Crippen molar-refractivity contribution >= 4 is 12.1 Å². The van der Waals surface area contributed by atoms with E-state index in [-0.39, 0.29) is 6.42 Å². The van der Waals surface area contributed by atoms with Crippen molar-refractivity contribution in [3.8, 4) is 11.5 Å². The van der Waals surface area contributed by atoms with Crippen LogP contribution >= 0.6 is 0 Å². The molecule has 0 aromatic heterocycles. The van der Waals surface area contributed by atoms with Crippen LogP contribution in [0.25, 0.3) is 0 Å². The highest BCUT2D eigenvalue weighted by Gasteiger charge is 2.26. The first-order valence-electron chi connectivity index (χ1n) is 9.63. The third kappa shape index (κ3) is 7.31. The van der Waals surface area contributed by atoms with Crippen molar-refractivity contribution in [2.24, 2.45) is 0 Å². The van der Waals surface area contributed by atoms with Gasteiger partial charge in [0.1, 0.15) is 29.7 Å². The second-order valence-corrected chi connectivity index (χ2v) is 7.67. The molecule has 1 N–H and O–H groups in total. The summed E-state index contributed by atoms with van der Waals surface area (Å²) in [6, 6.07) is 14.2. The van der Waals surface area contributed by atoms with Crippen molar-refractivity contribution in [2.45, 2.75) is 45.4 Å². The zero-order chi connectivity index (χ0) is 22.1. The molecule has 0 fully saturated rings. The van der Waals surface area contributed by atoms with Gasteiger partial charge in [0.05, 0.1) is 14.2 Å². The number of ether oxygens (including phenoxy) is 4. The van der Waals surface area contributed by atoms with Gasteiger partial charge in [-0.1, -0.05) is 36.4 Å². The van der Waals surface area contributed by atoms with Crippen molar-refractivity contribution in [1.29, 1.82) is 0 Å². The SMILES string of the molecule is COC(=O)[C@H](Cc1ccc(OCc2ccccc2)cc1OC)NC(=O)OC(C)(C)C. The van der Waals surface area contributed by atoms with Gasteiger partial charge in [-0.3, -0.25) is 0 Å². The maximum Gasteiger partial charge on any atom is 0.408 e. The van der Waals surface area contributed by atoms with Crippen molar-refractivity contribution in [2.75, 3.05) is 14.2 Å². The van der Waals surface area contributed by atoms with Gasteiger partial charge in [0, 0.05) is 12.5 Å². The van der Waals surface area contributed by atoms with Crippen LogP contribution in [0.5, 0.6) is 11.5 Å². The molecule has 0 bridgehead atoms. The van der Waals surface area contributed by atoms with Crippen LogP contribution in [0.1, 0.15) is 31.9 Å². The molecule has 30 heavy (non-hydrogen) atoms. The molecule has 0 radical (unpaired) electrons. The van der Waals surface area contributed by atoms with E-state index in [1.807, 2.05) is 30.3 Å². The lowest BCUT2D eigenvalue weighted by molar-refractivity contribution is -0.143. The van der Waals surface area contributed by atoms with E-state index in [0.717, 1.165) is 11.1 Å². The number of hydrogen-bond acceptors (Lipinski definition) is 6. The van der Waals surface area contributed by atoms with E-state index >= 15 is 0 Å². The molecule has 2 aromatic carbocycles. The second kappa shape index (κ2) is 10.5. The van der Waals surface area contributed by atoms with E-state index < -0.39 is 23.7 Å². The first-order valence-corrected chi connectivity index (χ1v) is 9.63. The largest absolute Gasteiger partial charge is 0.496 e. The van der Waals surface area contributed by atoms with Gasteiger partial charge in [0.2, 0.25) is 0 Å². The first-order chi connectivity index (χ1) is 14.2. The second-order valence-electron chi connectivity index (χ2n) is 7.67. The average Bonchev–Trinajstić information content (AvgIpc) is 2.71. The number of methoxy groups -OCH3 is 2. The Morgan fingerprint density at radius 1 is 1.03 bits per heavy atom. The summed E-state index contributed by atoms with van der Waals surface area (Å²) in [4.78, 5) is 24.3. The minimum absolute atomic E-state index is 0.175. The van der Waals surface area contributed by atoms with Crippen LogP contribution in [0.15, 0.2) is 48.5 Å².